The number of rotatable bonds is 22. The van der Waals surface area contributed by atoms with Crippen LogP contribution < -0.4 is 26.0 Å². The summed E-state index contributed by atoms with van der Waals surface area (Å²) < 4.78 is 48.1. The molecule has 5 amide bonds. The van der Waals surface area contributed by atoms with Gasteiger partial charge in [0.05, 0.1) is 19.2 Å². The Morgan fingerprint density at radius 2 is 1.59 bits per heavy atom. The van der Waals surface area contributed by atoms with E-state index in [0.29, 0.717) is 73.6 Å². The highest BCUT2D eigenvalue weighted by molar-refractivity contribution is 5.96. The van der Waals surface area contributed by atoms with E-state index in [9.17, 15) is 28.0 Å². The molecule has 0 saturated heterocycles. The Labute approximate surface area is 483 Å². The smallest absolute Gasteiger partial charge is 0.410 e. The molecule has 19 nitrogen and oxygen atoms in total. The average Bonchev–Trinajstić information content (AvgIpc) is 3.77. The summed E-state index contributed by atoms with van der Waals surface area (Å²) in [6.45, 7) is 14.0. The number of nitrogens with one attached hydrogen (secondary N) is 4. The molecule has 1 aliphatic heterocycles. The molecule has 2 aromatic heterocycles. The fourth-order valence-corrected chi connectivity index (χ4v) is 10.0. The first-order chi connectivity index (χ1) is 39.6. The van der Waals surface area contributed by atoms with Crippen LogP contribution in [-0.4, -0.2) is 115 Å². The van der Waals surface area contributed by atoms with Crippen molar-refractivity contribution in [3.63, 3.8) is 0 Å². The number of hydrogen-bond acceptors (Lipinski definition) is 13. The molecule has 3 heterocycles. The lowest BCUT2D eigenvalue weighted by Gasteiger charge is -2.42. The minimum atomic E-state index is -1.07. The Kier molecular flexibility index (Phi) is 19.9. The van der Waals surface area contributed by atoms with Gasteiger partial charge in [-0.05, 0) is 130 Å². The molecule has 4 aromatic carbocycles. The van der Waals surface area contributed by atoms with Gasteiger partial charge in [0.25, 0.3) is 5.91 Å². The van der Waals surface area contributed by atoms with Crippen molar-refractivity contribution in [2.75, 3.05) is 32.2 Å². The summed E-state index contributed by atoms with van der Waals surface area (Å²) in [7, 11) is 1.48. The molecule has 83 heavy (non-hydrogen) atoms. The number of carbonyl (C=O) groups excluding carboxylic acids is 5. The topological polar surface area (TPSA) is 224 Å². The predicted octanol–water partition coefficient (Wildman–Crippen LogP) is 8.66. The molecule has 6 aromatic rings. The molecule has 21 heteroatoms. The standard InChI is InChI=1S/C62H75F2N11O8/c1-39(73(8)60(80)83-62(5,6)7)56(76)70-54(61(2,3)4)59(79)75-37-43-33-45(25-24-41(43)34-52(75)58(78)69-50-23-12-17-40-16-9-10-20-46(40)50)82-31-15-30-81-29-14-28-74-53(71-72-55(74)51-26-27-65-38-68-51)36-66-44-19-11-18-42(32-44)57(77)67-35-47-48(63)21-13-22-49(47)64/h9-11,13,16,18-22,24-27,32-33,38-39,50,52,54,66H,12,14-15,17,23,28-31,34-37H2,1-8H3,(H,67,77)(H,69,78)(H,70,76)/t39-,50+,52-,54?/m0/s1. The summed E-state index contributed by atoms with van der Waals surface area (Å²) in [5, 5.41) is 21.0. The zero-order chi connectivity index (χ0) is 59.4. The molecule has 4 atom stereocenters. The molecule has 0 bridgehead atoms. The number of ether oxygens (including phenoxy) is 3. The first kappa shape index (κ1) is 60.8. The Morgan fingerprint density at radius 1 is 0.831 bits per heavy atom. The van der Waals surface area contributed by atoms with Gasteiger partial charge in [-0.2, -0.15) is 0 Å². The van der Waals surface area contributed by atoms with Crippen LogP contribution in [0.1, 0.15) is 124 Å². The third kappa shape index (κ3) is 15.8. The Hall–Kier alpha value is -8.33. The van der Waals surface area contributed by atoms with Crippen LogP contribution in [0.5, 0.6) is 5.75 Å². The second-order valence-electron chi connectivity index (χ2n) is 23.0. The lowest BCUT2D eigenvalue weighted by Crippen LogP contribution is -2.62. The van der Waals surface area contributed by atoms with Crippen molar-refractivity contribution in [1.29, 1.82) is 0 Å². The Morgan fingerprint density at radius 3 is 2.34 bits per heavy atom. The first-order valence-electron chi connectivity index (χ1n) is 28.2. The van der Waals surface area contributed by atoms with Crippen molar-refractivity contribution in [3.05, 3.63) is 154 Å². The van der Waals surface area contributed by atoms with E-state index in [0.717, 1.165) is 48.1 Å². The molecule has 2 aliphatic rings. The van der Waals surface area contributed by atoms with Gasteiger partial charge in [0, 0.05) is 75.7 Å². The van der Waals surface area contributed by atoms with Crippen LogP contribution in [0.4, 0.5) is 19.3 Å². The third-order valence-corrected chi connectivity index (χ3v) is 14.7. The highest BCUT2D eigenvalue weighted by Gasteiger charge is 2.44. The van der Waals surface area contributed by atoms with E-state index >= 15 is 4.79 Å². The number of fused-ring (bicyclic) bond motifs is 2. The van der Waals surface area contributed by atoms with Crippen molar-refractivity contribution in [2.24, 2.45) is 5.41 Å². The number of aromatic nitrogens is 5. The van der Waals surface area contributed by atoms with Gasteiger partial charge in [-0.15, -0.1) is 10.2 Å². The molecule has 1 aliphatic carbocycles. The molecule has 4 N–H and O–H groups in total. The van der Waals surface area contributed by atoms with E-state index in [4.69, 9.17) is 14.2 Å². The first-order valence-corrected chi connectivity index (χ1v) is 28.2. The lowest BCUT2D eigenvalue weighted by atomic mass is 9.83. The number of amides is 5. The maximum Gasteiger partial charge on any atom is 0.410 e. The molecule has 8 rings (SSSR count). The fraction of sp³-hybridized carbons (Fsp3) is 0.435. The van der Waals surface area contributed by atoms with E-state index in [-0.39, 0.29) is 43.6 Å². The summed E-state index contributed by atoms with van der Waals surface area (Å²) in [5.74, 6) is -1.48. The maximum absolute atomic E-state index is 15.1. The number of hydrogen-bond donors (Lipinski definition) is 4. The molecule has 0 saturated carbocycles. The summed E-state index contributed by atoms with van der Waals surface area (Å²) in [6, 6.07) is 22.7. The molecular formula is C62H75F2N11O8. The van der Waals surface area contributed by atoms with Crippen LogP contribution in [0.2, 0.25) is 0 Å². The fourth-order valence-electron chi connectivity index (χ4n) is 10.0. The van der Waals surface area contributed by atoms with E-state index in [1.54, 1.807) is 69.1 Å². The Bertz CT molecular complexity index is 3240. The second-order valence-corrected chi connectivity index (χ2v) is 23.0. The normalized spacial score (nSPS) is 15.7. The van der Waals surface area contributed by atoms with Gasteiger partial charge < -0.3 is 44.9 Å². The van der Waals surface area contributed by atoms with E-state index in [1.807, 2.05) is 61.7 Å². The van der Waals surface area contributed by atoms with Crippen molar-refractivity contribution >= 4 is 35.4 Å². The summed E-state index contributed by atoms with van der Waals surface area (Å²) >= 11 is 0. The van der Waals surface area contributed by atoms with Crippen molar-refractivity contribution in [2.45, 2.75) is 143 Å². The van der Waals surface area contributed by atoms with Crippen LogP contribution in [0.3, 0.4) is 0 Å². The third-order valence-electron chi connectivity index (χ3n) is 14.7. The average molecular weight is 1140 g/mol. The highest BCUT2D eigenvalue weighted by atomic mass is 19.1. The number of nitrogens with zero attached hydrogens (tertiary/aromatic N) is 7. The molecule has 440 valence electrons. The quantitative estimate of drug-likeness (QED) is 0.0468. The maximum atomic E-state index is 15.1. The van der Waals surface area contributed by atoms with Crippen LogP contribution in [0.15, 0.2) is 104 Å². The van der Waals surface area contributed by atoms with Crippen LogP contribution >= 0.6 is 0 Å². The molecule has 0 radical (unpaired) electrons. The van der Waals surface area contributed by atoms with Crippen LogP contribution in [0, 0.1) is 17.0 Å². The van der Waals surface area contributed by atoms with Gasteiger partial charge in [-0.3, -0.25) is 24.1 Å². The van der Waals surface area contributed by atoms with Crippen molar-refractivity contribution in [1.82, 2.24) is 50.5 Å². The summed E-state index contributed by atoms with van der Waals surface area (Å²) in [6.07, 6.45) is 6.42. The SMILES string of the molecule is C[C@@H](C(=O)NC(C(=O)N1Cc2cc(OCCCOCCCn3c(CNc4cccc(C(=O)NCc5c(F)cccc5F)c4)nnc3-c3ccncn3)ccc2C[C@H]1C(=O)N[C@@H]1CCCc2ccccc21)C(C)(C)C)N(C)C(=O)OC(C)(C)C. The number of anilines is 1. The van der Waals surface area contributed by atoms with Crippen LogP contribution in [-0.2, 0) is 62.9 Å². The zero-order valence-corrected chi connectivity index (χ0v) is 48.5. The van der Waals surface area contributed by atoms with Gasteiger partial charge in [0.1, 0.15) is 53.1 Å². The predicted molar refractivity (Wildman–Crippen MR) is 307 cm³/mol. The van der Waals surface area contributed by atoms with E-state index < -0.39 is 64.6 Å². The van der Waals surface area contributed by atoms with Gasteiger partial charge in [-0.1, -0.05) is 63.2 Å². The minimum absolute atomic E-state index is 0.0858. The lowest BCUT2D eigenvalue weighted by molar-refractivity contribution is -0.147. The number of carbonyl (C=O) groups is 5. The van der Waals surface area contributed by atoms with Crippen molar-refractivity contribution in [3.8, 4) is 17.3 Å². The number of halogens is 2. The monoisotopic (exact) mass is 1140 g/mol. The molecule has 0 fully saturated rings. The van der Waals surface area contributed by atoms with Gasteiger partial charge in [-0.25, -0.2) is 23.5 Å². The summed E-state index contributed by atoms with van der Waals surface area (Å²) in [4.78, 5) is 80.8. The summed E-state index contributed by atoms with van der Waals surface area (Å²) in [5.41, 5.74) is 3.68. The zero-order valence-electron chi connectivity index (χ0n) is 48.5. The Balaban J connectivity index is 0.876. The van der Waals surface area contributed by atoms with Gasteiger partial charge >= 0.3 is 6.09 Å². The second kappa shape index (κ2) is 27.2. The van der Waals surface area contributed by atoms with E-state index in [2.05, 4.69) is 47.5 Å². The van der Waals surface area contributed by atoms with E-state index in [1.165, 1.54) is 29.9 Å². The highest BCUT2D eigenvalue weighted by Crippen LogP contribution is 2.34. The largest absolute Gasteiger partial charge is 0.493 e. The van der Waals surface area contributed by atoms with Crippen LogP contribution in [0.25, 0.3) is 11.5 Å². The number of likely N-dealkylation sites (N-methyl/N-ethyl adjacent to an activating group) is 1. The number of aryl methyl sites for hydroxylation is 1. The van der Waals surface area contributed by atoms with Crippen molar-refractivity contribution < 1.29 is 47.0 Å². The number of benzene rings is 4. The molecule has 0 spiro atoms. The molecular weight excluding hydrogens is 1060 g/mol. The molecule has 1 unspecified atom stereocenters. The van der Waals surface area contributed by atoms with Gasteiger partial charge in [0.15, 0.2) is 11.6 Å². The minimum Gasteiger partial charge on any atom is -0.493 e. The van der Waals surface area contributed by atoms with Gasteiger partial charge in [0.2, 0.25) is 17.7 Å².